The van der Waals surface area contributed by atoms with Gasteiger partial charge >= 0.3 is 0 Å². The topological polar surface area (TPSA) is 46.3 Å². The van der Waals surface area contributed by atoms with Crippen LogP contribution in [0.15, 0.2) is 6.07 Å². The number of nitrogens with two attached hydrogens (primary N) is 1. The summed E-state index contributed by atoms with van der Waals surface area (Å²) < 4.78 is 0. The van der Waals surface area contributed by atoms with Gasteiger partial charge in [-0.05, 0) is 18.9 Å². The highest BCUT2D eigenvalue weighted by atomic mass is 32.1. The lowest BCUT2D eigenvalue weighted by Crippen LogP contribution is -2.17. The Labute approximate surface area is 81.2 Å². The van der Waals surface area contributed by atoms with Crippen molar-refractivity contribution in [3.8, 4) is 0 Å². The first-order valence-electron chi connectivity index (χ1n) is 4.40. The second kappa shape index (κ2) is 3.38. The van der Waals surface area contributed by atoms with Gasteiger partial charge in [0, 0.05) is 13.1 Å². The normalized spacial score (nSPS) is 16.5. The summed E-state index contributed by atoms with van der Waals surface area (Å²) >= 11 is 1.49. The van der Waals surface area contributed by atoms with Crippen molar-refractivity contribution in [2.75, 3.05) is 23.7 Å². The predicted octanol–water partition coefficient (Wildman–Crippen LogP) is 1.74. The molecule has 2 N–H and O–H groups in total. The first kappa shape index (κ1) is 8.56. The lowest BCUT2D eigenvalue weighted by atomic mass is 10.4. The molecule has 0 bridgehead atoms. The highest BCUT2D eigenvalue weighted by Gasteiger charge is 2.17. The van der Waals surface area contributed by atoms with E-state index in [9.17, 15) is 4.79 Å². The Hall–Kier alpha value is -1.03. The molecule has 4 heteroatoms. The molecule has 13 heavy (non-hydrogen) atoms. The maximum absolute atomic E-state index is 10.5. The van der Waals surface area contributed by atoms with E-state index in [-0.39, 0.29) is 0 Å². The largest absolute Gasteiger partial charge is 0.396 e. The Bertz CT molecular complexity index is 315. The Morgan fingerprint density at radius 3 is 2.69 bits per heavy atom. The average Bonchev–Trinajstić information content (AvgIpc) is 2.72. The van der Waals surface area contributed by atoms with Gasteiger partial charge in [0.25, 0.3) is 0 Å². The third-order valence-electron chi connectivity index (χ3n) is 2.27. The highest BCUT2D eigenvalue weighted by Crippen LogP contribution is 2.34. The van der Waals surface area contributed by atoms with Crippen LogP contribution in [0.5, 0.6) is 0 Å². The lowest BCUT2D eigenvalue weighted by Gasteiger charge is -2.15. The molecule has 0 aromatic carbocycles. The maximum atomic E-state index is 10.5. The van der Waals surface area contributed by atoms with E-state index < -0.39 is 0 Å². The van der Waals surface area contributed by atoms with Crippen LogP contribution in [0.25, 0.3) is 0 Å². The van der Waals surface area contributed by atoms with E-state index in [1.165, 1.54) is 24.2 Å². The van der Waals surface area contributed by atoms with Crippen molar-refractivity contribution in [1.29, 1.82) is 0 Å². The zero-order chi connectivity index (χ0) is 9.26. The third kappa shape index (κ3) is 1.54. The minimum Gasteiger partial charge on any atom is -0.396 e. The van der Waals surface area contributed by atoms with Gasteiger partial charge in [0.1, 0.15) is 5.00 Å². The van der Waals surface area contributed by atoms with Crippen molar-refractivity contribution in [1.82, 2.24) is 0 Å². The number of hydrogen-bond acceptors (Lipinski definition) is 4. The number of hydrogen-bond donors (Lipinski definition) is 1. The monoisotopic (exact) mass is 196 g/mol. The molecule has 1 fully saturated rings. The van der Waals surface area contributed by atoms with E-state index >= 15 is 0 Å². The molecule has 1 saturated heterocycles. The molecular weight excluding hydrogens is 184 g/mol. The molecule has 0 atom stereocenters. The van der Waals surface area contributed by atoms with E-state index in [0.717, 1.165) is 34.9 Å². The summed E-state index contributed by atoms with van der Waals surface area (Å²) in [4.78, 5) is 13.5. The summed E-state index contributed by atoms with van der Waals surface area (Å²) in [6.45, 7) is 2.14. The maximum Gasteiger partial charge on any atom is 0.160 e. The van der Waals surface area contributed by atoms with Crippen molar-refractivity contribution < 1.29 is 4.79 Å². The van der Waals surface area contributed by atoms with Crippen molar-refractivity contribution in [3.63, 3.8) is 0 Å². The number of aldehydes is 1. The molecule has 1 aliphatic heterocycles. The molecule has 0 amide bonds. The fourth-order valence-corrected chi connectivity index (χ4v) is 2.59. The number of nitrogens with zero attached hydrogens (tertiary/aromatic N) is 1. The van der Waals surface area contributed by atoms with Gasteiger partial charge in [0.05, 0.1) is 10.6 Å². The number of rotatable bonds is 2. The van der Waals surface area contributed by atoms with Gasteiger partial charge in [-0.1, -0.05) is 0 Å². The fourth-order valence-electron chi connectivity index (χ4n) is 1.64. The molecule has 0 radical (unpaired) electrons. The molecule has 0 saturated carbocycles. The van der Waals surface area contributed by atoms with Crippen molar-refractivity contribution in [3.05, 3.63) is 10.9 Å². The molecule has 1 aromatic rings. The number of carbonyl (C=O) groups is 1. The summed E-state index contributed by atoms with van der Waals surface area (Å²) in [5.41, 5.74) is 6.55. The molecule has 2 heterocycles. The second-order valence-corrected chi connectivity index (χ2v) is 4.28. The van der Waals surface area contributed by atoms with E-state index in [2.05, 4.69) is 4.90 Å². The van der Waals surface area contributed by atoms with Crippen LogP contribution in [0.2, 0.25) is 0 Å². The standard InChI is InChI=1S/C9H12N2OS/c10-8-5-7(6-12)13-9(8)11-3-1-2-4-11/h5-6H,1-4,10H2. The van der Waals surface area contributed by atoms with Gasteiger partial charge in [-0.25, -0.2) is 0 Å². The van der Waals surface area contributed by atoms with E-state index in [1.807, 2.05) is 0 Å². The molecule has 0 unspecified atom stereocenters. The summed E-state index contributed by atoms with van der Waals surface area (Å²) in [5, 5.41) is 1.07. The number of thiophene rings is 1. The smallest absolute Gasteiger partial charge is 0.160 e. The van der Waals surface area contributed by atoms with Crippen LogP contribution in [-0.2, 0) is 0 Å². The average molecular weight is 196 g/mol. The molecule has 1 aromatic heterocycles. The summed E-state index contributed by atoms with van der Waals surface area (Å²) in [6.07, 6.45) is 3.32. The SMILES string of the molecule is Nc1cc(C=O)sc1N1CCCC1. The van der Waals surface area contributed by atoms with Gasteiger partial charge in [0.15, 0.2) is 6.29 Å². The zero-order valence-corrected chi connectivity index (χ0v) is 8.14. The first-order chi connectivity index (χ1) is 6.31. The Kier molecular flexibility index (Phi) is 2.22. The van der Waals surface area contributed by atoms with Crippen LogP contribution < -0.4 is 10.6 Å². The van der Waals surface area contributed by atoms with Crippen LogP contribution in [0.4, 0.5) is 10.7 Å². The number of nitrogen functional groups attached to an aromatic ring is 1. The minimum atomic E-state index is 0.722. The Morgan fingerprint density at radius 1 is 1.46 bits per heavy atom. The van der Waals surface area contributed by atoms with Gasteiger partial charge in [0.2, 0.25) is 0 Å². The molecule has 1 aliphatic rings. The second-order valence-electron chi connectivity index (χ2n) is 3.22. The predicted molar refractivity (Wildman–Crippen MR) is 55.6 cm³/mol. The van der Waals surface area contributed by atoms with Gasteiger partial charge < -0.3 is 10.6 Å². The molecular formula is C9H12N2OS. The first-order valence-corrected chi connectivity index (χ1v) is 5.22. The van der Waals surface area contributed by atoms with Gasteiger partial charge in [-0.15, -0.1) is 11.3 Å². The van der Waals surface area contributed by atoms with Crippen LogP contribution in [0, 0.1) is 0 Å². The number of anilines is 2. The van der Waals surface area contributed by atoms with E-state index in [1.54, 1.807) is 6.07 Å². The Morgan fingerprint density at radius 2 is 2.15 bits per heavy atom. The molecule has 70 valence electrons. The van der Waals surface area contributed by atoms with Crippen LogP contribution in [0.1, 0.15) is 22.5 Å². The fraction of sp³-hybridized carbons (Fsp3) is 0.444. The molecule has 0 aliphatic carbocycles. The van der Waals surface area contributed by atoms with Gasteiger partial charge in [-0.3, -0.25) is 4.79 Å². The van der Waals surface area contributed by atoms with Crippen LogP contribution >= 0.6 is 11.3 Å². The molecule has 0 spiro atoms. The molecule has 3 nitrogen and oxygen atoms in total. The van der Waals surface area contributed by atoms with Crippen molar-refractivity contribution in [2.24, 2.45) is 0 Å². The minimum absolute atomic E-state index is 0.722. The van der Waals surface area contributed by atoms with Gasteiger partial charge in [-0.2, -0.15) is 0 Å². The molecule has 2 rings (SSSR count). The lowest BCUT2D eigenvalue weighted by molar-refractivity contribution is 0.112. The van der Waals surface area contributed by atoms with Crippen LogP contribution in [0.3, 0.4) is 0 Å². The zero-order valence-electron chi connectivity index (χ0n) is 7.32. The van der Waals surface area contributed by atoms with Crippen molar-refractivity contribution in [2.45, 2.75) is 12.8 Å². The van der Waals surface area contributed by atoms with E-state index in [4.69, 9.17) is 5.73 Å². The van der Waals surface area contributed by atoms with Crippen molar-refractivity contribution >= 4 is 28.3 Å². The summed E-state index contributed by atoms with van der Waals surface area (Å²) in [5.74, 6) is 0. The number of carbonyl (C=O) groups excluding carboxylic acids is 1. The van der Waals surface area contributed by atoms with E-state index in [0.29, 0.717) is 0 Å². The summed E-state index contributed by atoms with van der Waals surface area (Å²) in [6, 6.07) is 1.76. The Balaban J connectivity index is 2.27. The highest BCUT2D eigenvalue weighted by molar-refractivity contribution is 7.18. The van der Waals surface area contributed by atoms with Crippen LogP contribution in [-0.4, -0.2) is 19.4 Å². The quantitative estimate of drug-likeness (QED) is 0.733. The summed E-state index contributed by atoms with van der Waals surface area (Å²) in [7, 11) is 0. The third-order valence-corrected chi connectivity index (χ3v) is 3.41.